The van der Waals surface area contributed by atoms with Crippen molar-refractivity contribution in [2.45, 2.75) is 12.8 Å². The third-order valence-corrected chi connectivity index (χ3v) is 1.09. The van der Waals surface area contributed by atoms with Gasteiger partial charge in [-0.3, -0.25) is 9.59 Å². The number of hydrogen-bond acceptors (Lipinski definition) is 2. The van der Waals surface area contributed by atoms with E-state index in [1.807, 2.05) is 0 Å². The molecule has 0 aromatic heterocycles. The average molecular weight is 169 g/mol. The minimum atomic E-state index is -1.30. The maximum absolute atomic E-state index is 10.1. The van der Waals surface area contributed by atoms with E-state index in [0.29, 0.717) is 6.42 Å². The van der Waals surface area contributed by atoms with Crippen LogP contribution in [0.5, 0.6) is 0 Å². The summed E-state index contributed by atoms with van der Waals surface area (Å²) < 4.78 is 0. The van der Waals surface area contributed by atoms with Gasteiger partial charge in [-0.1, -0.05) is 13.3 Å². The predicted octanol–water partition coefficient (Wildman–Crippen LogP) is -0.262. The van der Waals surface area contributed by atoms with Crippen LogP contribution in [0.3, 0.4) is 0 Å². The standard InChI is InChI=1S/C6H9O4.Na.H/c1-2-3-4(5(7)8)6(9)10;;/h4H,1-3H2,(H,7,8)(H,9,10);;. The summed E-state index contributed by atoms with van der Waals surface area (Å²) in [7, 11) is 0. The van der Waals surface area contributed by atoms with Crippen molar-refractivity contribution in [3.05, 3.63) is 6.92 Å². The van der Waals surface area contributed by atoms with Gasteiger partial charge in [-0.2, -0.15) is 0 Å². The molecule has 0 fully saturated rings. The fourth-order valence-corrected chi connectivity index (χ4v) is 0.557. The first-order valence-electron chi connectivity index (χ1n) is 2.84. The van der Waals surface area contributed by atoms with Crippen LogP contribution in [-0.2, 0) is 9.59 Å². The van der Waals surface area contributed by atoms with E-state index in [9.17, 15) is 9.59 Å². The summed E-state index contributed by atoms with van der Waals surface area (Å²) in [6, 6.07) is 0. The van der Waals surface area contributed by atoms with Crippen molar-refractivity contribution in [3.63, 3.8) is 0 Å². The molecule has 0 saturated carbocycles. The average Bonchev–Trinajstić information content (AvgIpc) is 1.81. The fraction of sp³-hybridized carbons (Fsp3) is 0.500. The molecule has 0 aliphatic rings. The Morgan fingerprint density at radius 1 is 1.27 bits per heavy atom. The van der Waals surface area contributed by atoms with E-state index in [-0.39, 0.29) is 36.0 Å². The van der Waals surface area contributed by atoms with Gasteiger partial charge < -0.3 is 10.2 Å². The van der Waals surface area contributed by atoms with Crippen molar-refractivity contribution in [1.82, 2.24) is 0 Å². The molecular formula is C6H10NaO4. The van der Waals surface area contributed by atoms with Gasteiger partial charge in [0, 0.05) is 0 Å². The van der Waals surface area contributed by atoms with Gasteiger partial charge in [-0.25, -0.2) is 0 Å². The summed E-state index contributed by atoms with van der Waals surface area (Å²) in [4.78, 5) is 20.2. The molecule has 5 heteroatoms. The number of aliphatic carboxylic acids is 2. The molecule has 0 aliphatic carbocycles. The summed E-state index contributed by atoms with van der Waals surface area (Å²) in [5.41, 5.74) is 0. The molecule has 0 atom stereocenters. The molecule has 1 radical (unpaired) electrons. The van der Waals surface area contributed by atoms with Crippen LogP contribution in [0, 0.1) is 12.8 Å². The van der Waals surface area contributed by atoms with Gasteiger partial charge in [-0.05, 0) is 6.42 Å². The number of carboxylic acids is 2. The second kappa shape index (κ2) is 6.64. The van der Waals surface area contributed by atoms with Crippen LogP contribution >= 0.6 is 0 Å². The molecular weight excluding hydrogens is 159 g/mol. The van der Waals surface area contributed by atoms with Gasteiger partial charge in [0.15, 0.2) is 5.92 Å². The van der Waals surface area contributed by atoms with E-state index < -0.39 is 17.9 Å². The van der Waals surface area contributed by atoms with E-state index in [1.165, 1.54) is 0 Å². The molecule has 0 amide bonds. The van der Waals surface area contributed by atoms with Crippen LogP contribution in [0.15, 0.2) is 0 Å². The number of carboxylic acid groups (broad SMARTS) is 2. The third-order valence-electron chi connectivity index (χ3n) is 1.09. The Bertz CT molecular complexity index is 132. The first-order chi connectivity index (χ1) is 4.59. The molecule has 0 heterocycles. The minimum absolute atomic E-state index is 0. The van der Waals surface area contributed by atoms with Crippen molar-refractivity contribution in [2.75, 3.05) is 0 Å². The molecule has 59 valence electrons. The van der Waals surface area contributed by atoms with Crippen molar-refractivity contribution in [2.24, 2.45) is 5.92 Å². The number of carbonyl (C=O) groups is 2. The zero-order chi connectivity index (χ0) is 8.15. The van der Waals surface area contributed by atoms with E-state index in [0.717, 1.165) is 0 Å². The van der Waals surface area contributed by atoms with Crippen LogP contribution in [0.4, 0.5) is 0 Å². The molecule has 0 spiro atoms. The Morgan fingerprint density at radius 2 is 1.64 bits per heavy atom. The van der Waals surface area contributed by atoms with Crippen molar-refractivity contribution >= 4 is 41.5 Å². The molecule has 4 nitrogen and oxygen atoms in total. The molecule has 0 aromatic rings. The molecule has 2 N–H and O–H groups in total. The van der Waals surface area contributed by atoms with Crippen LogP contribution in [0.25, 0.3) is 0 Å². The van der Waals surface area contributed by atoms with Gasteiger partial charge in [-0.15, -0.1) is 0 Å². The Morgan fingerprint density at radius 3 is 1.73 bits per heavy atom. The quantitative estimate of drug-likeness (QED) is 0.449. The Balaban J connectivity index is 0. The summed E-state index contributed by atoms with van der Waals surface area (Å²) in [6.45, 7) is 3.36. The summed E-state index contributed by atoms with van der Waals surface area (Å²) in [5, 5.41) is 16.5. The first kappa shape index (κ1) is 13.5. The summed E-state index contributed by atoms with van der Waals surface area (Å²) in [6.07, 6.45) is 0.411. The molecule has 0 aromatic carbocycles. The van der Waals surface area contributed by atoms with Gasteiger partial charge in [0.05, 0.1) is 0 Å². The zero-order valence-corrected chi connectivity index (χ0v) is 5.41. The van der Waals surface area contributed by atoms with Crippen LogP contribution in [0.1, 0.15) is 12.8 Å². The fourth-order valence-electron chi connectivity index (χ4n) is 0.557. The Hall–Kier alpha value is -0.0600. The molecule has 11 heavy (non-hydrogen) atoms. The zero-order valence-electron chi connectivity index (χ0n) is 5.41. The summed E-state index contributed by atoms with van der Waals surface area (Å²) in [5.74, 6) is -3.88. The van der Waals surface area contributed by atoms with Gasteiger partial charge in [0.25, 0.3) is 0 Å². The normalized spacial score (nSPS) is 8.91. The molecule has 0 bridgehead atoms. The van der Waals surface area contributed by atoms with Crippen molar-refractivity contribution < 1.29 is 19.8 Å². The SMILES string of the molecule is [CH2]CCC(C(=O)O)C(=O)O.[NaH]. The van der Waals surface area contributed by atoms with Crippen LogP contribution in [0.2, 0.25) is 0 Å². The van der Waals surface area contributed by atoms with E-state index in [4.69, 9.17) is 10.2 Å². The van der Waals surface area contributed by atoms with Gasteiger partial charge in [0.2, 0.25) is 0 Å². The van der Waals surface area contributed by atoms with E-state index in [2.05, 4.69) is 6.92 Å². The number of rotatable bonds is 4. The molecule has 0 rings (SSSR count). The Kier molecular flexibility index (Phi) is 8.16. The van der Waals surface area contributed by atoms with Crippen molar-refractivity contribution in [3.8, 4) is 0 Å². The monoisotopic (exact) mass is 169 g/mol. The van der Waals surface area contributed by atoms with Crippen LogP contribution in [-0.4, -0.2) is 51.7 Å². The van der Waals surface area contributed by atoms with Gasteiger partial charge >= 0.3 is 41.5 Å². The van der Waals surface area contributed by atoms with E-state index in [1.54, 1.807) is 0 Å². The molecule has 0 saturated heterocycles. The van der Waals surface area contributed by atoms with Crippen LogP contribution < -0.4 is 0 Å². The topological polar surface area (TPSA) is 74.6 Å². The molecule has 0 aliphatic heterocycles. The second-order valence-corrected chi connectivity index (χ2v) is 1.87. The first-order valence-corrected chi connectivity index (χ1v) is 2.84. The predicted molar refractivity (Wildman–Crippen MR) is 40.5 cm³/mol. The van der Waals surface area contributed by atoms with Crippen molar-refractivity contribution in [1.29, 1.82) is 0 Å². The third kappa shape index (κ3) is 5.24. The number of hydrogen-bond donors (Lipinski definition) is 2. The Labute approximate surface area is 86.9 Å². The maximum atomic E-state index is 10.1. The summed E-state index contributed by atoms with van der Waals surface area (Å²) >= 11 is 0. The second-order valence-electron chi connectivity index (χ2n) is 1.87. The van der Waals surface area contributed by atoms with Gasteiger partial charge in [0.1, 0.15) is 0 Å². The van der Waals surface area contributed by atoms with E-state index >= 15 is 0 Å². The molecule has 0 unspecified atom stereocenters.